The van der Waals surface area contributed by atoms with Crippen LogP contribution >= 0.6 is 0 Å². The van der Waals surface area contributed by atoms with E-state index in [4.69, 9.17) is 5.11 Å². The molecular formula is C14H15N3O3. The second kappa shape index (κ2) is 5.56. The minimum atomic E-state index is -1.07. The van der Waals surface area contributed by atoms with Crippen LogP contribution in [-0.2, 0) is 11.8 Å². The summed E-state index contributed by atoms with van der Waals surface area (Å²) in [6.07, 6.45) is 1.59. The number of nitrogens with zero attached hydrogens (tertiary/aromatic N) is 3. The van der Waals surface area contributed by atoms with Crippen molar-refractivity contribution in [3.63, 3.8) is 0 Å². The number of carbonyl (C=O) groups is 2. The van der Waals surface area contributed by atoms with Crippen molar-refractivity contribution in [3.8, 4) is 0 Å². The second-order valence-corrected chi connectivity index (χ2v) is 4.42. The third kappa shape index (κ3) is 2.85. The molecule has 0 fully saturated rings. The fraction of sp³-hybridized carbons (Fsp3) is 0.214. The SMILES string of the molecule is Cc1nn(C)cc1C(=O)N(CC(=O)O)c1ccccc1. The van der Waals surface area contributed by atoms with E-state index < -0.39 is 12.5 Å². The number of carbonyl (C=O) groups excluding carboxylic acids is 1. The van der Waals surface area contributed by atoms with Gasteiger partial charge in [-0.3, -0.25) is 19.2 Å². The van der Waals surface area contributed by atoms with Gasteiger partial charge in [0.2, 0.25) is 0 Å². The van der Waals surface area contributed by atoms with Crippen LogP contribution in [0.3, 0.4) is 0 Å². The van der Waals surface area contributed by atoms with Gasteiger partial charge in [-0.1, -0.05) is 18.2 Å². The molecule has 0 saturated heterocycles. The topological polar surface area (TPSA) is 75.4 Å². The first kappa shape index (κ1) is 13.8. The quantitative estimate of drug-likeness (QED) is 0.915. The zero-order valence-electron chi connectivity index (χ0n) is 11.3. The van der Waals surface area contributed by atoms with Crippen LogP contribution in [0.4, 0.5) is 5.69 Å². The summed E-state index contributed by atoms with van der Waals surface area (Å²) in [5.74, 6) is -1.44. The Morgan fingerprint density at radius 3 is 2.45 bits per heavy atom. The molecule has 6 nitrogen and oxygen atoms in total. The minimum absolute atomic E-state index is 0.371. The maximum atomic E-state index is 12.5. The zero-order valence-corrected chi connectivity index (χ0v) is 11.3. The van der Waals surface area contributed by atoms with Gasteiger partial charge >= 0.3 is 5.97 Å². The molecule has 20 heavy (non-hydrogen) atoms. The molecule has 0 aliphatic carbocycles. The number of rotatable bonds is 4. The molecule has 1 heterocycles. The first-order valence-electron chi connectivity index (χ1n) is 6.08. The van der Waals surface area contributed by atoms with Gasteiger partial charge in [0.1, 0.15) is 6.54 Å². The number of benzene rings is 1. The van der Waals surface area contributed by atoms with Gasteiger partial charge < -0.3 is 5.11 Å². The highest BCUT2D eigenvalue weighted by molar-refractivity contribution is 6.08. The van der Waals surface area contributed by atoms with Gasteiger partial charge in [-0.05, 0) is 19.1 Å². The summed E-state index contributed by atoms with van der Waals surface area (Å²) in [4.78, 5) is 24.7. The first-order valence-corrected chi connectivity index (χ1v) is 6.08. The highest BCUT2D eigenvalue weighted by Gasteiger charge is 2.23. The lowest BCUT2D eigenvalue weighted by atomic mass is 10.2. The summed E-state index contributed by atoms with van der Waals surface area (Å²) in [6.45, 7) is 1.33. The summed E-state index contributed by atoms with van der Waals surface area (Å²) in [7, 11) is 1.72. The highest BCUT2D eigenvalue weighted by Crippen LogP contribution is 2.18. The Bertz CT molecular complexity index is 634. The number of hydrogen-bond acceptors (Lipinski definition) is 3. The zero-order chi connectivity index (χ0) is 14.7. The number of hydrogen-bond donors (Lipinski definition) is 1. The monoisotopic (exact) mass is 273 g/mol. The van der Waals surface area contributed by atoms with E-state index in [1.54, 1.807) is 44.4 Å². The number of para-hydroxylation sites is 1. The van der Waals surface area contributed by atoms with Crippen molar-refractivity contribution in [2.75, 3.05) is 11.4 Å². The molecule has 2 rings (SSSR count). The van der Waals surface area contributed by atoms with Gasteiger partial charge in [-0.15, -0.1) is 0 Å². The first-order chi connectivity index (χ1) is 9.49. The van der Waals surface area contributed by atoms with Gasteiger partial charge in [0.25, 0.3) is 5.91 Å². The Morgan fingerprint density at radius 1 is 1.30 bits per heavy atom. The number of carboxylic acids is 1. The van der Waals surface area contributed by atoms with E-state index in [1.165, 1.54) is 9.58 Å². The third-order valence-electron chi connectivity index (χ3n) is 2.85. The fourth-order valence-corrected chi connectivity index (χ4v) is 1.98. The molecule has 1 aromatic carbocycles. The molecule has 1 aromatic heterocycles. The predicted octanol–water partition coefficient (Wildman–Crippen LogP) is 1.46. The van der Waals surface area contributed by atoms with Gasteiger partial charge in [0.05, 0.1) is 11.3 Å². The lowest BCUT2D eigenvalue weighted by Crippen LogP contribution is -2.35. The minimum Gasteiger partial charge on any atom is -0.480 e. The van der Waals surface area contributed by atoms with Crippen LogP contribution in [0.1, 0.15) is 16.1 Å². The number of amides is 1. The van der Waals surface area contributed by atoms with Crippen LogP contribution < -0.4 is 4.90 Å². The second-order valence-electron chi connectivity index (χ2n) is 4.42. The number of aliphatic carboxylic acids is 1. The Hall–Kier alpha value is -2.63. The summed E-state index contributed by atoms with van der Waals surface area (Å²) >= 11 is 0. The van der Waals surface area contributed by atoms with Crippen LogP contribution in [0.2, 0.25) is 0 Å². The number of aromatic nitrogens is 2. The Balaban J connectivity index is 2.39. The van der Waals surface area contributed by atoms with Gasteiger partial charge in [0, 0.05) is 18.9 Å². The van der Waals surface area contributed by atoms with Crippen molar-refractivity contribution in [3.05, 3.63) is 47.8 Å². The van der Waals surface area contributed by atoms with Gasteiger partial charge in [-0.2, -0.15) is 5.10 Å². The molecule has 2 aromatic rings. The fourth-order valence-electron chi connectivity index (χ4n) is 1.98. The molecule has 104 valence electrons. The van der Waals surface area contributed by atoms with Crippen LogP contribution in [-0.4, -0.2) is 33.3 Å². The van der Waals surface area contributed by atoms with E-state index in [-0.39, 0.29) is 5.91 Å². The molecule has 0 aliphatic heterocycles. The van der Waals surface area contributed by atoms with Crippen LogP contribution in [0, 0.1) is 6.92 Å². The third-order valence-corrected chi connectivity index (χ3v) is 2.85. The molecule has 0 atom stereocenters. The van der Waals surface area contributed by atoms with E-state index >= 15 is 0 Å². The Morgan fingerprint density at radius 2 is 1.95 bits per heavy atom. The van der Waals surface area contributed by atoms with E-state index in [2.05, 4.69) is 5.10 Å². The summed E-state index contributed by atoms with van der Waals surface area (Å²) in [5, 5.41) is 13.1. The largest absolute Gasteiger partial charge is 0.480 e. The van der Waals surface area contributed by atoms with Crippen LogP contribution in [0.5, 0.6) is 0 Å². The molecule has 1 N–H and O–H groups in total. The molecule has 6 heteroatoms. The predicted molar refractivity (Wildman–Crippen MR) is 73.7 cm³/mol. The summed E-state index contributed by atoms with van der Waals surface area (Å²) in [6, 6.07) is 8.72. The van der Waals surface area contributed by atoms with Crippen molar-refractivity contribution >= 4 is 17.6 Å². The van der Waals surface area contributed by atoms with E-state index in [9.17, 15) is 9.59 Å². The highest BCUT2D eigenvalue weighted by atomic mass is 16.4. The summed E-state index contributed by atoms with van der Waals surface area (Å²) < 4.78 is 1.53. The molecule has 0 bridgehead atoms. The van der Waals surface area contributed by atoms with E-state index in [0.29, 0.717) is 16.9 Å². The number of aryl methyl sites for hydroxylation is 2. The Kier molecular flexibility index (Phi) is 3.84. The molecule has 0 unspecified atom stereocenters. The van der Waals surface area contributed by atoms with E-state index in [1.807, 2.05) is 6.07 Å². The van der Waals surface area contributed by atoms with Gasteiger partial charge in [-0.25, -0.2) is 0 Å². The number of anilines is 1. The van der Waals surface area contributed by atoms with Crippen LogP contribution in [0.15, 0.2) is 36.5 Å². The average molecular weight is 273 g/mol. The maximum Gasteiger partial charge on any atom is 0.323 e. The molecule has 0 saturated carbocycles. The van der Waals surface area contributed by atoms with Crippen LogP contribution in [0.25, 0.3) is 0 Å². The molecule has 0 radical (unpaired) electrons. The van der Waals surface area contributed by atoms with E-state index in [0.717, 1.165) is 0 Å². The molecule has 0 aliphatic rings. The number of carboxylic acid groups (broad SMARTS) is 1. The van der Waals surface area contributed by atoms with Crippen molar-refractivity contribution in [2.24, 2.45) is 7.05 Å². The maximum absolute atomic E-state index is 12.5. The summed E-state index contributed by atoms with van der Waals surface area (Å²) in [5.41, 5.74) is 1.52. The normalized spacial score (nSPS) is 10.3. The Labute approximate surface area is 116 Å². The van der Waals surface area contributed by atoms with Gasteiger partial charge in [0.15, 0.2) is 0 Å². The lowest BCUT2D eigenvalue weighted by molar-refractivity contribution is -0.135. The average Bonchev–Trinajstić information content (AvgIpc) is 2.75. The smallest absolute Gasteiger partial charge is 0.323 e. The standard InChI is InChI=1S/C14H15N3O3/c1-10-12(8-16(2)15-10)14(20)17(9-13(18)19)11-6-4-3-5-7-11/h3-8H,9H2,1-2H3,(H,18,19). The molecule has 1 amide bonds. The molecular weight excluding hydrogens is 258 g/mol. The van der Waals surface area contributed by atoms with Crippen molar-refractivity contribution < 1.29 is 14.7 Å². The van der Waals surface area contributed by atoms with Crippen molar-refractivity contribution in [2.45, 2.75) is 6.92 Å². The molecule has 0 spiro atoms. The lowest BCUT2D eigenvalue weighted by Gasteiger charge is -2.20. The van der Waals surface area contributed by atoms with Crippen molar-refractivity contribution in [1.29, 1.82) is 0 Å². The van der Waals surface area contributed by atoms with Crippen molar-refractivity contribution in [1.82, 2.24) is 9.78 Å².